The van der Waals surface area contributed by atoms with E-state index in [0.29, 0.717) is 16.8 Å². The molecule has 2 heterocycles. The molecule has 7 nitrogen and oxygen atoms in total. The Labute approximate surface area is 117 Å². The molecule has 0 aliphatic rings. The third kappa shape index (κ3) is 3.30. The predicted molar refractivity (Wildman–Crippen MR) is 74.9 cm³/mol. The molecule has 100 valence electrons. The number of anilines is 2. The van der Waals surface area contributed by atoms with Crippen LogP contribution >= 0.6 is 22.9 Å². The van der Waals surface area contributed by atoms with E-state index in [4.69, 9.17) is 11.6 Å². The molecular weight excluding hydrogens is 290 g/mol. The minimum absolute atomic E-state index is 0.165. The highest BCUT2D eigenvalue weighted by Crippen LogP contribution is 2.25. The van der Waals surface area contributed by atoms with Crippen molar-refractivity contribution in [1.29, 1.82) is 0 Å². The van der Waals surface area contributed by atoms with E-state index in [1.165, 1.54) is 17.5 Å². The number of hydrogen-bond acceptors (Lipinski definition) is 7. The van der Waals surface area contributed by atoms with Crippen molar-refractivity contribution in [3.63, 3.8) is 0 Å². The van der Waals surface area contributed by atoms with Gasteiger partial charge in [0.05, 0.1) is 15.8 Å². The van der Waals surface area contributed by atoms with Gasteiger partial charge in [-0.3, -0.25) is 10.1 Å². The van der Waals surface area contributed by atoms with Gasteiger partial charge in [-0.2, -0.15) is 4.98 Å². The standard InChI is InChI=1S/C10H10ClN5O2S/c1-12-10-14-5-7(16(17)18)9(15-10)13-4-6-2-3-8(11)19-6/h2-3,5H,4H2,1H3,(H2,12,13,14,15). The molecule has 2 aromatic heterocycles. The molecule has 2 aromatic rings. The van der Waals surface area contributed by atoms with Crippen molar-refractivity contribution in [3.05, 3.63) is 37.7 Å². The van der Waals surface area contributed by atoms with Gasteiger partial charge < -0.3 is 10.6 Å². The van der Waals surface area contributed by atoms with Gasteiger partial charge in [0.1, 0.15) is 6.20 Å². The Morgan fingerprint density at radius 2 is 2.32 bits per heavy atom. The summed E-state index contributed by atoms with van der Waals surface area (Å²) in [5.41, 5.74) is -0.165. The molecule has 0 bridgehead atoms. The maximum absolute atomic E-state index is 10.9. The Balaban J connectivity index is 2.19. The topological polar surface area (TPSA) is 93.0 Å². The van der Waals surface area contributed by atoms with Gasteiger partial charge in [-0.1, -0.05) is 11.6 Å². The molecule has 2 N–H and O–H groups in total. The maximum atomic E-state index is 10.9. The van der Waals surface area contributed by atoms with E-state index in [2.05, 4.69) is 20.6 Å². The molecule has 9 heteroatoms. The summed E-state index contributed by atoms with van der Waals surface area (Å²) in [4.78, 5) is 19.2. The Morgan fingerprint density at radius 1 is 1.53 bits per heavy atom. The van der Waals surface area contributed by atoms with E-state index < -0.39 is 4.92 Å². The second kappa shape index (κ2) is 5.81. The summed E-state index contributed by atoms with van der Waals surface area (Å²) in [6.45, 7) is 0.415. The molecular formula is C10H10ClN5O2S. The Hall–Kier alpha value is -1.93. The SMILES string of the molecule is CNc1ncc([N+](=O)[O-])c(NCc2ccc(Cl)s2)n1. The Morgan fingerprint density at radius 3 is 2.89 bits per heavy atom. The highest BCUT2D eigenvalue weighted by atomic mass is 35.5. The van der Waals surface area contributed by atoms with E-state index in [1.807, 2.05) is 6.07 Å². The number of aromatic nitrogens is 2. The van der Waals surface area contributed by atoms with Gasteiger partial charge in [0, 0.05) is 11.9 Å². The first-order valence-corrected chi connectivity index (χ1v) is 6.47. The highest BCUT2D eigenvalue weighted by Gasteiger charge is 2.16. The average Bonchev–Trinajstić information content (AvgIpc) is 2.81. The van der Waals surface area contributed by atoms with Crippen molar-refractivity contribution in [3.8, 4) is 0 Å². The van der Waals surface area contributed by atoms with Gasteiger partial charge >= 0.3 is 5.69 Å². The molecule has 0 saturated carbocycles. The molecule has 0 unspecified atom stereocenters. The van der Waals surface area contributed by atoms with Gasteiger partial charge in [-0.05, 0) is 12.1 Å². The number of nitrogens with zero attached hydrogens (tertiary/aromatic N) is 3. The van der Waals surface area contributed by atoms with Crippen LogP contribution < -0.4 is 10.6 Å². The first-order chi connectivity index (χ1) is 9.10. The van der Waals surface area contributed by atoms with E-state index >= 15 is 0 Å². The fourth-order valence-corrected chi connectivity index (χ4v) is 2.40. The van der Waals surface area contributed by atoms with Crippen molar-refractivity contribution in [1.82, 2.24) is 9.97 Å². The number of thiophene rings is 1. The zero-order chi connectivity index (χ0) is 13.8. The Bertz CT molecular complexity index is 603. The van der Waals surface area contributed by atoms with Gasteiger partial charge in [-0.15, -0.1) is 11.3 Å². The van der Waals surface area contributed by atoms with Gasteiger partial charge in [-0.25, -0.2) is 4.98 Å². The van der Waals surface area contributed by atoms with Crippen LogP contribution in [-0.4, -0.2) is 21.9 Å². The zero-order valence-corrected chi connectivity index (χ0v) is 11.5. The van der Waals surface area contributed by atoms with E-state index in [0.717, 1.165) is 4.88 Å². The third-order valence-corrected chi connectivity index (χ3v) is 3.48. The quantitative estimate of drug-likeness (QED) is 0.651. The minimum atomic E-state index is -0.525. The summed E-state index contributed by atoms with van der Waals surface area (Å²) in [6, 6.07) is 3.63. The summed E-state index contributed by atoms with van der Waals surface area (Å²) in [6.07, 6.45) is 1.17. The monoisotopic (exact) mass is 299 g/mol. The first kappa shape index (κ1) is 13.5. The van der Waals surface area contributed by atoms with Crippen LogP contribution in [0.25, 0.3) is 0 Å². The lowest BCUT2D eigenvalue weighted by atomic mass is 10.4. The van der Waals surface area contributed by atoms with Crippen molar-refractivity contribution in [2.75, 3.05) is 17.7 Å². The van der Waals surface area contributed by atoms with Crippen molar-refractivity contribution < 1.29 is 4.92 Å². The number of halogens is 1. The summed E-state index contributed by atoms with van der Waals surface area (Å²) < 4.78 is 0.671. The van der Waals surface area contributed by atoms with Crippen LogP contribution in [0.2, 0.25) is 4.34 Å². The van der Waals surface area contributed by atoms with Crippen LogP contribution in [0, 0.1) is 10.1 Å². The van der Waals surface area contributed by atoms with E-state index in [-0.39, 0.29) is 11.5 Å². The molecule has 0 saturated heterocycles. The molecule has 0 radical (unpaired) electrons. The molecule has 0 atom stereocenters. The number of rotatable bonds is 5. The van der Waals surface area contributed by atoms with Crippen LogP contribution in [0.5, 0.6) is 0 Å². The zero-order valence-electron chi connectivity index (χ0n) is 9.88. The molecule has 0 aromatic carbocycles. The fourth-order valence-electron chi connectivity index (χ4n) is 1.38. The second-order valence-corrected chi connectivity index (χ2v) is 5.29. The van der Waals surface area contributed by atoms with E-state index in [9.17, 15) is 10.1 Å². The average molecular weight is 300 g/mol. The maximum Gasteiger partial charge on any atom is 0.329 e. The van der Waals surface area contributed by atoms with Crippen molar-refractivity contribution in [2.45, 2.75) is 6.54 Å². The number of nitrogens with one attached hydrogen (secondary N) is 2. The van der Waals surface area contributed by atoms with Crippen LogP contribution in [0.3, 0.4) is 0 Å². The molecule has 0 spiro atoms. The lowest BCUT2D eigenvalue weighted by Crippen LogP contribution is -2.07. The molecule has 2 rings (SSSR count). The fraction of sp³-hybridized carbons (Fsp3) is 0.200. The lowest BCUT2D eigenvalue weighted by Gasteiger charge is -2.06. The lowest BCUT2D eigenvalue weighted by molar-refractivity contribution is -0.384. The van der Waals surface area contributed by atoms with Crippen molar-refractivity contribution in [2.24, 2.45) is 0 Å². The molecule has 0 aliphatic heterocycles. The second-order valence-electron chi connectivity index (χ2n) is 3.49. The summed E-state index contributed by atoms with van der Waals surface area (Å²) >= 11 is 7.22. The van der Waals surface area contributed by atoms with Crippen LogP contribution in [0.4, 0.5) is 17.5 Å². The Kier molecular flexibility index (Phi) is 4.13. The van der Waals surface area contributed by atoms with Gasteiger partial charge in [0.2, 0.25) is 11.8 Å². The summed E-state index contributed by atoms with van der Waals surface area (Å²) in [5, 5.41) is 16.5. The van der Waals surface area contributed by atoms with Gasteiger partial charge in [0.25, 0.3) is 0 Å². The summed E-state index contributed by atoms with van der Waals surface area (Å²) in [7, 11) is 1.64. The minimum Gasteiger partial charge on any atom is -0.359 e. The van der Waals surface area contributed by atoms with E-state index in [1.54, 1.807) is 13.1 Å². The number of nitro groups is 1. The molecule has 0 amide bonds. The van der Waals surface area contributed by atoms with Crippen LogP contribution in [-0.2, 0) is 6.54 Å². The van der Waals surface area contributed by atoms with Crippen LogP contribution in [0.1, 0.15) is 4.88 Å². The smallest absolute Gasteiger partial charge is 0.329 e. The summed E-state index contributed by atoms with van der Waals surface area (Å²) in [5.74, 6) is 0.492. The predicted octanol–water partition coefficient (Wildman–Crippen LogP) is 2.75. The normalized spacial score (nSPS) is 10.2. The van der Waals surface area contributed by atoms with Crippen LogP contribution in [0.15, 0.2) is 18.3 Å². The number of hydrogen-bond donors (Lipinski definition) is 2. The molecule has 19 heavy (non-hydrogen) atoms. The molecule has 0 aliphatic carbocycles. The molecule has 0 fully saturated rings. The highest BCUT2D eigenvalue weighted by molar-refractivity contribution is 7.16. The first-order valence-electron chi connectivity index (χ1n) is 5.27. The van der Waals surface area contributed by atoms with Crippen molar-refractivity contribution >= 4 is 40.4 Å². The van der Waals surface area contributed by atoms with Gasteiger partial charge in [0.15, 0.2) is 0 Å². The third-order valence-electron chi connectivity index (χ3n) is 2.25. The largest absolute Gasteiger partial charge is 0.359 e.